The fourth-order valence-electron chi connectivity index (χ4n) is 5.75. The highest BCUT2D eigenvalue weighted by Gasteiger charge is 2.65. The van der Waals surface area contributed by atoms with Gasteiger partial charge < -0.3 is 24.2 Å². The Morgan fingerprint density at radius 2 is 1.79 bits per heavy atom. The Morgan fingerprint density at radius 3 is 2.44 bits per heavy atom. The number of amides is 2. The van der Waals surface area contributed by atoms with Crippen LogP contribution >= 0.6 is 11.6 Å². The van der Waals surface area contributed by atoms with Gasteiger partial charge in [-0.2, -0.15) is 0 Å². The number of aromatic nitrogens is 2. The van der Waals surface area contributed by atoms with Crippen molar-refractivity contribution in [2.24, 2.45) is 0 Å². The summed E-state index contributed by atoms with van der Waals surface area (Å²) in [6.45, 7) is -0.179. The zero-order valence-corrected chi connectivity index (χ0v) is 25.6. The van der Waals surface area contributed by atoms with E-state index in [4.69, 9.17) is 25.8 Å². The van der Waals surface area contributed by atoms with E-state index in [-0.39, 0.29) is 51.5 Å². The molecule has 1 N–H and O–H groups in total. The van der Waals surface area contributed by atoms with Crippen LogP contribution in [0.15, 0.2) is 53.7 Å². The van der Waals surface area contributed by atoms with Crippen molar-refractivity contribution in [3.8, 4) is 17.4 Å². The maximum absolute atomic E-state index is 15.1. The van der Waals surface area contributed by atoms with Gasteiger partial charge in [-0.3, -0.25) is 19.5 Å². The highest BCUT2D eigenvalue weighted by Crippen LogP contribution is 2.54. The molecule has 3 aromatic rings. The molecule has 0 spiro atoms. The van der Waals surface area contributed by atoms with Gasteiger partial charge in [0.05, 0.1) is 39.2 Å². The Hall–Kier alpha value is -3.98. The Balaban J connectivity index is 1.86. The molecule has 43 heavy (non-hydrogen) atoms. The van der Waals surface area contributed by atoms with Crippen molar-refractivity contribution in [1.29, 1.82) is 0 Å². The number of hydrogen-bond acceptors (Lipinski definition) is 11. The molecule has 13 nitrogen and oxygen atoms in total. The molecule has 15 heteroatoms. The highest BCUT2D eigenvalue weighted by atomic mass is 35.5. The van der Waals surface area contributed by atoms with Crippen LogP contribution in [0.4, 0.5) is 5.69 Å². The monoisotopic (exact) mass is 631 g/mol. The van der Waals surface area contributed by atoms with Crippen LogP contribution in [0.3, 0.4) is 0 Å². The summed E-state index contributed by atoms with van der Waals surface area (Å²) in [5, 5.41) is 11.1. The normalized spacial score (nSPS) is 21.9. The van der Waals surface area contributed by atoms with E-state index in [9.17, 15) is 18.3 Å². The number of nitrogens with zero attached hydrogens (tertiary/aromatic N) is 5. The fraction of sp³-hybridized carbons (Fsp3) is 0.357. The largest absolute Gasteiger partial charge is 0.497 e. The van der Waals surface area contributed by atoms with E-state index in [1.807, 2.05) is 0 Å². The van der Waals surface area contributed by atoms with E-state index in [1.165, 1.54) is 79.9 Å². The molecular formula is C28H30ClN5O8S. The molecule has 2 aliphatic heterocycles. The van der Waals surface area contributed by atoms with Gasteiger partial charge in [-0.1, -0.05) is 11.6 Å². The van der Waals surface area contributed by atoms with Crippen molar-refractivity contribution in [2.75, 3.05) is 46.3 Å². The average molecular weight is 632 g/mol. The molecule has 3 heterocycles. The Kier molecular flexibility index (Phi) is 7.98. The van der Waals surface area contributed by atoms with E-state index in [1.54, 1.807) is 14.1 Å². The lowest BCUT2D eigenvalue weighted by Crippen LogP contribution is -2.59. The van der Waals surface area contributed by atoms with Crippen LogP contribution < -0.4 is 18.5 Å². The highest BCUT2D eigenvalue weighted by molar-refractivity contribution is 7.93. The topological polar surface area (TPSA) is 152 Å². The van der Waals surface area contributed by atoms with Gasteiger partial charge in [0.2, 0.25) is 11.8 Å². The number of aliphatic hydroxyl groups is 1. The van der Waals surface area contributed by atoms with Crippen molar-refractivity contribution in [2.45, 2.75) is 29.0 Å². The predicted molar refractivity (Wildman–Crippen MR) is 155 cm³/mol. The number of aliphatic hydroxyl groups excluding tert-OH is 1. The summed E-state index contributed by atoms with van der Waals surface area (Å²) in [4.78, 5) is 39.8. The first kappa shape index (κ1) is 30.5. The number of rotatable bonds is 8. The lowest BCUT2D eigenvalue weighted by molar-refractivity contribution is -0.138. The van der Waals surface area contributed by atoms with Gasteiger partial charge in [0.1, 0.15) is 22.1 Å². The predicted octanol–water partition coefficient (Wildman–Crippen LogP) is 1.66. The number of halogens is 1. The summed E-state index contributed by atoms with van der Waals surface area (Å²) in [6.07, 6.45) is 1.63. The van der Waals surface area contributed by atoms with E-state index >= 15 is 4.79 Å². The number of anilines is 1. The molecule has 228 valence electrons. The van der Waals surface area contributed by atoms with Crippen LogP contribution in [0.5, 0.6) is 17.4 Å². The molecule has 5 rings (SSSR count). The Bertz CT molecular complexity index is 1700. The van der Waals surface area contributed by atoms with Crippen LogP contribution in [0.2, 0.25) is 5.02 Å². The zero-order chi connectivity index (χ0) is 31.3. The number of carbonyl (C=O) groups excluding carboxylic acids is 2. The molecule has 0 saturated carbocycles. The van der Waals surface area contributed by atoms with Crippen molar-refractivity contribution in [1.82, 2.24) is 19.8 Å². The molecule has 1 aromatic heterocycles. The van der Waals surface area contributed by atoms with Gasteiger partial charge in [-0.05, 0) is 36.8 Å². The Morgan fingerprint density at radius 1 is 1.07 bits per heavy atom. The molecule has 2 amide bonds. The SMILES string of the molecule is COc1ccc(S(=O)(=O)N2C(=O)C(c3nccnc3OC)(N3C[C@H](O)C[C@H]3C(=O)N(C)C)c3cc(Cl)ccc32)c(OC)c1. The summed E-state index contributed by atoms with van der Waals surface area (Å²) in [5.41, 5.74) is -2.10. The van der Waals surface area contributed by atoms with Gasteiger partial charge in [0, 0.05) is 49.7 Å². The van der Waals surface area contributed by atoms with Gasteiger partial charge in [0.25, 0.3) is 15.9 Å². The smallest absolute Gasteiger partial charge is 0.274 e. The molecule has 1 saturated heterocycles. The van der Waals surface area contributed by atoms with Crippen LogP contribution in [-0.2, 0) is 25.2 Å². The number of likely N-dealkylation sites (tertiary alicyclic amines) is 1. The molecule has 1 fully saturated rings. The Labute approximate surface area is 253 Å². The van der Waals surface area contributed by atoms with Crippen molar-refractivity contribution in [3.63, 3.8) is 0 Å². The second-order valence-electron chi connectivity index (χ2n) is 10.2. The first-order valence-electron chi connectivity index (χ1n) is 13.1. The molecule has 1 unspecified atom stereocenters. The second kappa shape index (κ2) is 11.3. The lowest BCUT2D eigenvalue weighted by Gasteiger charge is -2.40. The third kappa shape index (κ3) is 4.65. The van der Waals surface area contributed by atoms with Crippen LogP contribution in [0, 0.1) is 0 Å². The minimum absolute atomic E-state index is 0.0242. The molecular weight excluding hydrogens is 602 g/mol. The third-order valence-electron chi connectivity index (χ3n) is 7.59. The van der Waals surface area contributed by atoms with Crippen molar-refractivity contribution >= 4 is 39.1 Å². The first-order valence-corrected chi connectivity index (χ1v) is 14.9. The van der Waals surface area contributed by atoms with Gasteiger partial charge >= 0.3 is 0 Å². The fourth-order valence-corrected chi connectivity index (χ4v) is 7.53. The van der Waals surface area contributed by atoms with Crippen LogP contribution in [-0.4, -0.2) is 99.2 Å². The number of benzene rings is 2. The van der Waals surface area contributed by atoms with E-state index in [2.05, 4.69) is 9.97 Å². The van der Waals surface area contributed by atoms with E-state index in [0.717, 1.165) is 0 Å². The number of β-amino-alcohol motifs (C(OH)–C–C–N with tert-alkyl or cyclic N) is 1. The third-order valence-corrected chi connectivity index (χ3v) is 9.56. The summed E-state index contributed by atoms with van der Waals surface area (Å²) in [7, 11) is 2.46. The standard InChI is InChI=1S/C28H30ClN5O8S/c1-32(2)26(36)21-13-17(35)15-33(21)28(24-25(42-5)31-11-10-30-24)19-12-16(29)6-8-20(19)34(27(28)37)43(38,39)23-9-7-18(40-3)14-22(23)41-4/h6-12,14,17,21,35H,13,15H2,1-5H3/t17-,21+,28?/m1/s1. The number of carbonyl (C=O) groups is 2. The number of methoxy groups -OCH3 is 3. The number of fused-ring (bicyclic) bond motifs is 1. The summed E-state index contributed by atoms with van der Waals surface area (Å²) >= 11 is 6.48. The van der Waals surface area contributed by atoms with Crippen LogP contribution in [0.25, 0.3) is 0 Å². The number of likely N-dealkylation sites (N-methyl/N-ethyl adjacent to an activating group) is 1. The average Bonchev–Trinajstić information content (AvgIpc) is 3.50. The minimum atomic E-state index is -4.69. The van der Waals surface area contributed by atoms with E-state index < -0.39 is 39.5 Å². The lowest BCUT2D eigenvalue weighted by atomic mass is 9.84. The number of sulfonamides is 1. The minimum Gasteiger partial charge on any atom is -0.497 e. The van der Waals surface area contributed by atoms with Crippen LogP contribution in [0.1, 0.15) is 17.7 Å². The summed E-state index contributed by atoms with van der Waals surface area (Å²) < 4.78 is 45.8. The molecule has 3 atom stereocenters. The van der Waals surface area contributed by atoms with Crippen molar-refractivity contribution < 1.29 is 37.3 Å². The second-order valence-corrected chi connectivity index (χ2v) is 12.4. The quantitative estimate of drug-likeness (QED) is 0.386. The zero-order valence-electron chi connectivity index (χ0n) is 24.0. The maximum atomic E-state index is 15.1. The molecule has 0 aliphatic carbocycles. The van der Waals surface area contributed by atoms with Gasteiger partial charge in [-0.15, -0.1) is 0 Å². The molecule has 2 aliphatic rings. The van der Waals surface area contributed by atoms with E-state index in [0.29, 0.717) is 10.1 Å². The van der Waals surface area contributed by atoms with Gasteiger partial charge in [-0.25, -0.2) is 17.7 Å². The molecule has 0 radical (unpaired) electrons. The summed E-state index contributed by atoms with van der Waals surface area (Å²) in [6, 6.07) is 7.35. The first-order chi connectivity index (χ1) is 20.4. The maximum Gasteiger partial charge on any atom is 0.274 e. The summed E-state index contributed by atoms with van der Waals surface area (Å²) in [5.74, 6) is -1.21. The van der Waals surface area contributed by atoms with Crippen molar-refractivity contribution in [3.05, 3.63) is 65.1 Å². The number of ether oxygens (including phenoxy) is 3. The molecule has 2 aromatic carbocycles. The molecule has 0 bridgehead atoms. The number of hydrogen-bond donors (Lipinski definition) is 1. The van der Waals surface area contributed by atoms with Gasteiger partial charge in [0.15, 0.2) is 5.54 Å².